The summed E-state index contributed by atoms with van der Waals surface area (Å²) in [6, 6.07) is 6.52. The van der Waals surface area contributed by atoms with E-state index >= 15 is 0 Å². The van der Waals surface area contributed by atoms with Crippen molar-refractivity contribution in [2.75, 3.05) is 32.7 Å². The first kappa shape index (κ1) is 26.3. The summed E-state index contributed by atoms with van der Waals surface area (Å²) in [5, 5.41) is 0.156. The van der Waals surface area contributed by atoms with Crippen LogP contribution in [0.1, 0.15) is 31.1 Å². The maximum absolute atomic E-state index is 13.2. The number of anilines is 1. The van der Waals surface area contributed by atoms with Crippen molar-refractivity contribution in [3.63, 3.8) is 0 Å². The number of hydrogen-bond acceptors (Lipinski definition) is 8. The molecule has 0 heterocycles. The van der Waals surface area contributed by atoms with Crippen LogP contribution in [0.4, 0.5) is 5.69 Å². The molecule has 1 N–H and O–H groups in total. The maximum Gasteiger partial charge on any atom is 0.338 e. The van der Waals surface area contributed by atoms with Crippen molar-refractivity contribution in [2.45, 2.75) is 25.7 Å². The molecule has 11 heteroatoms. The Morgan fingerprint density at radius 3 is 2.09 bits per heavy atom. The molecular formula is C22H26ClNO8S. The van der Waals surface area contributed by atoms with Crippen molar-refractivity contribution in [3.8, 4) is 17.2 Å². The molecule has 180 valence electrons. The molecule has 0 spiro atoms. The molecule has 0 atom stereocenters. The highest BCUT2D eigenvalue weighted by molar-refractivity contribution is 7.92. The molecule has 0 radical (unpaired) electrons. The van der Waals surface area contributed by atoms with E-state index in [2.05, 4.69) is 4.72 Å². The van der Waals surface area contributed by atoms with Gasteiger partial charge in [-0.05, 0) is 24.3 Å². The third-order valence-corrected chi connectivity index (χ3v) is 6.26. The first-order valence-corrected chi connectivity index (χ1v) is 11.5. The zero-order valence-electron chi connectivity index (χ0n) is 19.1. The van der Waals surface area contributed by atoms with Crippen LogP contribution in [0.15, 0.2) is 35.2 Å². The highest BCUT2D eigenvalue weighted by Gasteiger charge is 2.26. The second-order valence-electron chi connectivity index (χ2n) is 7.91. The van der Waals surface area contributed by atoms with E-state index in [-0.39, 0.29) is 38.5 Å². The molecule has 0 aromatic heterocycles. The second kappa shape index (κ2) is 10.3. The van der Waals surface area contributed by atoms with Crippen LogP contribution in [-0.2, 0) is 19.6 Å². The molecule has 0 aliphatic rings. The van der Waals surface area contributed by atoms with Crippen molar-refractivity contribution >= 4 is 39.1 Å². The lowest BCUT2D eigenvalue weighted by molar-refractivity contribution is -0.129. The van der Waals surface area contributed by atoms with Gasteiger partial charge in [0.25, 0.3) is 10.0 Å². The van der Waals surface area contributed by atoms with E-state index in [9.17, 15) is 18.0 Å². The van der Waals surface area contributed by atoms with Gasteiger partial charge in [-0.1, -0.05) is 32.4 Å². The van der Waals surface area contributed by atoms with Crippen LogP contribution in [0.25, 0.3) is 0 Å². The fourth-order valence-electron chi connectivity index (χ4n) is 2.58. The number of carbonyl (C=O) groups excluding carboxylic acids is 2. The quantitative estimate of drug-likeness (QED) is 0.515. The molecule has 2 rings (SSSR count). The normalized spacial score (nSPS) is 11.5. The van der Waals surface area contributed by atoms with Crippen LogP contribution >= 0.6 is 11.6 Å². The number of nitrogens with one attached hydrogen (secondary N) is 1. The van der Waals surface area contributed by atoms with Gasteiger partial charge in [-0.3, -0.25) is 9.52 Å². The zero-order chi connectivity index (χ0) is 25.0. The SMILES string of the molecule is COc1cc(OC)c(NS(=O)(=O)c2cc(C(=O)OCC(=O)C(C)(C)C)ccc2OC)cc1Cl. The number of ketones is 1. The van der Waals surface area contributed by atoms with E-state index in [1.54, 1.807) is 20.8 Å². The van der Waals surface area contributed by atoms with E-state index in [0.29, 0.717) is 5.75 Å². The van der Waals surface area contributed by atoms with Crippen LogP contribution in [0.3, 0.4) is 0 Å². The largest absolute Gasteiger partial charge is 0.495 e. The predicted molar refractivity (Wildman–Crippen MR) is 123 cm³/mol. The lowest BCUT2D eigenvalue weighted by atomic mass is 9.91. The Labute approximate surface area is 198 Å². The standard InChI is InChI=1S/C22H26ClNO8S/c1-22(2,3)20(25)12-32-21(26)13-7-8-16(29-4)19(9-13)33(27,28)24-15-10-14(23)17(30-5)11-18(15)31-6/h7-11,24H,12H2,1-6H3. The first-order valence-electron chi connectivity index (χ1n) is 9.67. The molecular weight excluding hydrogens is 474 g/mol. The highest BCUT2D eigenvalue weighted by Crippen LogP contribution is 2.37. The Balaban J connectivity index is 2.40. The Morgan fingerprint density at radius 2 is 1.55 bits per heavy atom. The number of methoxy groups -OCH3 is 3. The minimum atomic E-state index is -4.26. The molecule has 0 aliphatic carbocycles. The summed E-state index contributed by atoms with van der Waals surface area (Å²) in [5.74, 6) is -0.679. The zero-order valence-corrected chi connectivity index (χ0v) is 20.7. The number of esters is 1. The van der Waals surface area contributed by atoms with Crippen molar-refractivity contribution < 1.29 is 37.0 Å². The molecule has 0 saturated carbocycles. The number of hydrogen-bond donors (Lipinski definition) is 1. The Morgan fingerprint density at radius 1 is 0.939 bits per heavy atom. The smallest absolute Gasteiger partial charge is 0.338 e. The van der Waals surface area contributed by atoms with Crippen LogP contribution in [0, 0.1) is 5.41 Å². The highest BCUT2D eigenvalue weighted by atomic mass is 35.5. The third-order valence-electron chi connectivity index (χ3n) is 4.58. The van der Waals surface area contributed by atoms with Gasteiger partial charge in [0, 0.05) is 11.5 Å². The summed E-state index contributed by atoms with van der Waals surface area (Å²) in [6.07, 6.45) is 0. The molecule has 2 aromatic rings. The number of ether oxygens (including phenoxy) is 4. The van der Waals surface area contributed by atoms with Crippen LogP contribution in [-0.4, -0.2) is 48.1 Å². The summed E-state index contributed by atoms with van der Waals surface area (Å²) >= 11 is 6.12. The van der Waals surface area contributed by atoms with Gasteiger partial charge in [0.05, 0.1) is 37.6 Å². The Bertz CT molecular complexity index is 1160. The minimum absolute atomic E-state index is 0.0107. The molecule has 2 aromatic carbocycles. The van der Waals surface area contributed by atoms with Gasteiger partial charge in [0.15, 0.2) is 12.4 Å². The summed E-state index contributed by atoms with van der Waals surface area (Å²) in [6.45, 7) is 4.67. The Kier molecular flexibility index (Phi) is 8.20. The molecule has 0 aliphatic heterocycles. The van der Waals surface area contributed by atoms with Crippen molar-refractivity contribution in [2.24, 2.45) is 5.41 Å². The van der Waals surface area contributed by atoms with Crippen molar-refractivity contribution in [1.82, 2.24) is 0 Å². The minimum Gasteiger partial charge on any atom is -0.495 e. The van der Waals surface area contributed by atoms with Crippen LogP contribution in [0.5, 0.6) is 17.2 Å². The topological polar surface area (TPSA) is 117 Å². The molecule has 0 amide bonds. The molecule has 0 saturated heterocycles. The number of benzene rings is 2. The molecule has 9 nitrogen and oxygen atoms in total. The third kappa shape index (κ3) is 6.29. The monoisotopic (exact) mass is 499 g/mol. The number of sulfonamides is 1. The fraction of sp³-hybridized carbons (Fsp3) is 0.364. The van der Waals surface area contributed by atoms with Crippen molar-refractivity contribution in [1.29, 1.82) is 0 Å². The summed E-state index contributed by atoms with van der Waals surface area (Å²) in [5.41, 5.74) is -0.705. The van der Waals surface area contributed by atoms with Gasteiger partial charge in [0.1, 0.15) is 22.1 Å². The second-order valence-corrected chi connectivity index (χ2v) is 9.97. The maximum atomic E-state index is 13.2. The summed E-state index contributed by atoms with van der Waals surface area (Å²) in [4.78, 5) is 24.2. The van der Waals surface area contributed by atoms with Gasteiger partial charge in [-0.15, -0.1) is 0 Å². The molecule has 0 bridgehead atoms. The fourth-order valence-corrected chi connectivity index (χ4v) is 4.08. The van der Waals surface area contributed by atoms with E-state index in [1.165, 1.54) is 45.6 Å². The van der Waals surface area contributed by atoms with E-state index < -0.39 is 28.0 Å². The number of rotatable bonds is 9. The van der Waals surface area contributed by atoms with Gasteiger partial charge in [-0.2, -0.15) is 0 Å². The number of carbonyl (C=O) groups is 2. The summed E-state index contributed by atoms with van der Waals surface area (Å²) < 4.78 is 49.3. The number of halogens is 1. The summed E-state index contributed by atoms with van der Waals surface area (Å²) in [7, 11) is -0.204. The van der Waals surface area contributed by atoms with E-state index in [0.717, 1.165) is 6.07 Å². The van der Waals surface area contributed by atoms with Crippen molar-refractivity contribution in [3.05, 3.63) is 40.9 Å². The average molecular weight is 500 g/mol. The predicted octanol–water partition coefficient (Wildman–Crippen LogP) is 3.94. The first-order chi connectivity index (χ1) is 15.3. The number of Topliss-reactive ketones (excluding diaryl/α,β-unsaturated/α-hetero) is 1. The molecule has 0 unspecified atom stereocenters. The van der Waals surface area contributed by atoms with Crippen LogP contribution < -0.4 is 18.9 Å². The van der Waals surface area contributed by atoms with Gasteiger partial charge in [-0.25, -0.2) is 13.2 Å². The van der Waals surface area contributed by atoms with E-state index in [4.69, 9.17) is 30.5 Å². The molecule has 0 fully saturated rings. The Hall–Kier alpha value is -2.98. The van der Waals surface area contributed by atoms with Crippen LogP contribution in [0.2, 0.25) is 5.02 Å². The molecule has 33 heavy (non-hydrogen) atoms. The average Bonchev–Trinajstić information content (AvgIpc) is 2.76. The lowest BCUT2D eigenvalue weighted by Crippen LogP contribution is -2.26. The van der Waals surface area contributed by atoms with Gasteiger partial charge in [0.2, 0.25) is 0 Å². The van der Waals surface area contributed by atoms with Gasteiger partial charge < -0.3 is 18.9 Å². The van der Waals surface area contributed by atoms with Gasteiger partial charge >= 0.3 is 5.97 Å². The lowest BCUT2D eigenvalue weighted by Gasteiger charge is -2.17. The van der Waals surface area contributed by atoms with E-state index in [1.807, 2.05) is 0 Å².